The van der Waals surface area contributed by atoms with Gasteiger partial charge < -0.3 is 10.3 Å². The third-order valence-electron chi connectivity index (χ3n) is 2.21. The minimum atomic E-state index is 0.0956. The van der Waals surface area contributed by atoms with Crippen molar-refractivity contribution in [2.75, 3.05) is 5.73 Å². The molecular formula is C10H11N3O. The summed E-state index contributed by atoms with van der Waals surface area (Å²) < 4.78 is 4.71. The van der Waals surface area contributed by atoms with E-state index in [1.54, 1.807) is 0 Å². The molecule has 4 nitrogen and oxygen atoms in total. The maximum absolute atomic E-state index is 5.34. The number of aryl methyl sites for hydroxylation is 2. The van der Waals surface area contributed by atoms with E-state index in [2.05, 4.69) is 17.1 Å². The van der Waals surface area contributed by atoms with Crippen LogP contribution in [0.15, 0.2) is 22.7 Å². The van der Waals surface area contributed by atoms with Crippen LogP contribution in [0.25, 0.3) is 11.4 Å². The lowest BCUT2D eigenvalue weighted by molar-refractivity contribution is 0.437. The highest BCUT2D eigenvalue weighted by molar-refractivity contribution is 5.57. The molecule has 0 bridgehead atoms. The van der Waals surface area contributed by atoms with Crippen molar-refractivity contribution in [1.82, 2.24) is 10.1 Å². The second kappa shape index (κ2) is 3.14. The lowest BCUT2D eigenvalue weighted by Gasteiger charge is -2.00. The standard InChI is InChI=1S/C10H11N3O/c1-6-3-4-8(5-7(6)2)9-12-10(11)14-13-9/h3-5H,1-2H3,(H2,11,12,13). The summed E-state index contributed by atoms with van der Waals surface area (Å²) in [6, 6.07) is 6.09. The molecule has 0 radical (unpaired) electrons. The highest BCUT2D eigenvalue weighted by Crippen LogP contribution is 2.19. The summed E-state index contributed by atoms with van der Waals surface area (Å²) >= 11 is 0. The maximum Gasteiger partial charge on any atom is 0.319 e. The number of anilines is 1. The molecule has 4 heteroatoms. The molecule has 1 aromatic heterocycles. The zero-order valence-electron chi connectivity index (χ0n) is 8.11. The summed E-state index contributed by atoms with van der Waals surface area (Å²) in [4.78, 5) is 3.95. The smallest absolute Gasteiger partial charge is 0.319 e. The number of rotatable bonds is 1. The molecule has 0 atom stereocenters. The summed E-state index contributed by atoms with van der Waals surface area (Å²) in [5.74, 6) is 0.533. The molecule has 2 N–H and O–H groups in total. The fourth-order valence-electron chi connectivity index (χ4n) is 1.23. The molecule has 0 aliphatic carbocycles. The molecule has 72 valence electrons. The Bertz CT molecular complexity index is 462. The van der Waals surface area contributed by atoms with E-state index < -0.39 is 0 Å². The Morgan fingerprint density at radius 3 is 2.57 bits per heavy atom. The SMILES string of the molecule is Cc1ccc(-c2noc(N)n2)cc1C. The van der Waals surface area contributed by atoms with Crippen molar-refractivity contribution in [2.24, 2.45) is 0 Å². The predicted octanol–water partition coefficient (Wildman–Crippen LogP) is 1.94. The summed E-state index contributed by atoms with van der Waals surface area (Å²) in [5.41, 5.74) is 8.71. The third kappa shape index (κ3) is 1.46. The van der Waals surface area contributed by atoms with E-state index in [1.807, 2.05) is 25.1 Å². The van der Waals surface area contributed by atoms with Gasteiger partial charge in [0, 0.05) is 5.56 Å². The van der Waals surface area contributed by atoms with Crippen LogP contribution in [0.4, 0.5) is 6.01 Å². The number of nitrogens with two attached hydrogens (primary N) is 1. The second-order valence-electron chi connectivity index (χ2n) is 3.26. The van der Waals surface area contributed by atoms with Crippen LogP contribution >= 0.6 is 0 Å². The van der Waals surface area contributed by atoms with E-state index in [0.717, 1.165) is 5.56 Å². The van der Waals surface area contributed by atoms with Crippen LogP contribution in [0.5, 0.6) is 0 Å². The molecular weight excluding hydrogens is 178 g/mol. The molecule has 14 heavy (non-hydrogen) atoms. The first-order valence-electron chi connectivity index (χ1n) is 4.33. The van der Waals surface area contributed by atoms with Crippen LogP contribution in [0, 0.1) is 13.8 Å². The van der Waals surface area contributed by atoms with Crippen molar-refractivity contribution >= 4 is 6.01 Å². The largest absolute Gasteiger partial charge is 0.351 e. The molecule has 0 saturated carbocycles. The molecule has 0 amide bonds. The normalized spacial score (nSPS) is 10.4. The fraction of sp³-hybridized carbons (Fsp3) is 0.200. The minimum Gasteiger partial charge on any atom is -0.351 e. The third-order valence-corrected chi connectivity index (χ3v) is 2.21. The lowest BCUT2D eigenvalue weighted by Crippen LogP contribution is -1.86. The van der Waals surface area contributed by atoms with Crippen molar-refractivity contribution in [3.63, 3.8) is 0 Å². The highest BCUT2D eigenvalue weighted by Gasteiger charge is 2.06. The van der Waals surface area contributed by atoms with Crippen LogP contribution in [-0.4, -0.2) is 10.1 Å². The van der Waals surface area contributed by atoms with Gasteiger partial charge in [0.1, 0.15) is 0 Å². The maximum atomic E-state index is 5.34. The molecule has 0 fully saturated rings. The number of nitrogen functional groups attached to an aromatic ring is 1. The van der Waals surface area contributed by atoms with E-state index in [1.165, 1.54) is 11.1 Å². The first-order valence-corrected chi connectivity index (χ1v) is 4.33. The molecule has 2 aromatic rings. The average molecular weight is 189 g/mol. The van der Waals surface area contributed by atoms with Gasteiger partial charge in [-0.3, -0.25) is 0 Å². The lowest BCUT2D eigenvalue weighted by atomic mass is 10.1. The minimum absolute atomic E-state index is 0.0956. The van der Waals surface area contributed by atoms with Gasteiger partial charge in [0.25, 0.3) is 0 Å². The number of aromatic nitrogens is 2. The van der Waals surface area contributed by atoms with Crippen LogP contribution < -0.4 is 5.73 Å². The molecule has 0 aliphatic rings. The van der Waals surface area contributed by atoms with Gasteiger partial charge in [-0.2, -0.15) is 4.98 Å². The Hall–Kier alpha value is -1.84. The number of nitrogens with zero attached hydrogens (tertiary/aromatic N) is 2. The quantitative estimate of drug-likeness (QED) is 0.744. The Labute approximate surface area is 81.7 Å². The van der Waals surface area contributed by atoms with E-state index in [0.29, 0.717) is 5.82 Å². The highest BCUT2D eigenvalue weighted by atomic mass is 16.5. The van der Waals surface area contributed by atoms with Gasteiger partial charge in [-0.15, -0.1) is 0 Å². The number of benzene rings is 1. The van der Waals surface area contributed by atoms with Crippen LogP contribution in [0.2, 0.25) is 0 Å². The summed E-state index contributed by atoms with van der Waals surface area (Å²) in [5, 5.41) is 3.75. The topological polar surface area (TPSA) is 64.9 Å². The number of hydrogen-bond acceptors (Lipinski definition) is 4. The molecule has 1 heterocycles. The zero-order chi connectivity index (χ0) is 10.1. The molecule has 1 aromatic carbocycles. The van der Waals surface area contributed by atoms with Gasteiger partial charge in [-0.1, -0.05) is 17.3 Å². The van der Waals surface area contributed by atoms with Crippen LogP contribution in [0.1, 0.15) is 11.1 Å². The summed E-state index contributed by atoms with van der Waals surface area (Å²) in [7, 11) is 0. The van der Waals surface area contributed by atoms with E-state index in [-0.39, 0.29) is 6.01 Å². The Balaban J connectivity index is 2.47. The van der Waals surface area contributed by atoms with Gasteiger partial charge in [0.05, 0.1) is 0 Å². The Morgan fingerprint density at radius 1 is 1.21 bits per heavy atom. The van der Waals surface area contributed by atoms with Gasteiger partial charge in [0.15, 0.2) is 0 Å². The first kappa shape index (κ1) is 8.74. The summed E-state index contributed by atoms with van der Waals surface area (Å²) in [6.45, 7) is 4.10. The van der Waals surface area contributed by atoms with Crippen molar-refractivity contribution in [2.45, 2.75) is 13.8 Å². The van der Waals surface area contributed by atoms with Crippen LogP contribution in [0.3, 0.4) is 0 Å². The van der Waals surface area contributed by atoms with Crippen molar-refractivity contribution in [3.8, 4) is 11.4 Å². The molecule has 0 spiro atoms. The Kier molecular flexibility index (Phi) is 1.96. The monoisotopic (exact) mass is 189 g/mol. The fourth-order valence-corrected chi connectivity index (χ4v) is 1.23. The molecule has 0 unspecified atom stereocenters. The van der Waals surface area contributed by atoms with Gasteiger partial charge >= 0.3 is 6.01 Å². The Morgan fingerprint density at radius 2 is 2.00 bits per heavy atom. The molecule has 0 saturated heterocycles. The van der Waals surface area contributed by atoms with Crippen molar-refractivity contribution < 1.29 is 4.52 Å². The van der Waals surface area contributed by atoms with Crippen molar-refractivity contribution in [3.05, 3.63) is 29.3 Å². The molecule has 0 aliphatic heterocycles. The summed E-state index contributed by atoms with van der Waals surface area (Å²) in [6.07, 6.45) is 0. The zero-order valence-corrected chi connectivity index (χ0v) is 8.11. The second-order valence-corrected chi connectivity index (χ2v) is 3.26. The van der Waals surface area contributed by atoms with Gasteiger partial charge in [0.2, 0.25) is 5.82 Å². The molecule has 2 rings (SSSR count). The van der Waals surface area contributed by atoms with Gasteiger partial charge in [-0.25, -0.2) is 0 Å². The predicted molar refractivity (Wildman–Crippen MR) is 53.6 cm³/mol. The number of hydrogen-bond donors (Lipinski definition) is 1. The van der Waals surface area contributed by atoms with E-state index in [9.17, 15) is 0 Å². The van der Waals surface area contributed by atoms with E-state index >= 15 is 0 Å². The van der Waals surface area contributed by atoms with Crippen LogP contribution in [-0.2, 0) is 0 Å². The van der Waals surface area contributed by atoms with Crippen molar-refractivity contribution in [1.29, 1.82) is 0 Å². The first-order chi connectivity index (χ1) is 6.66. The average Bonchev–Trinajstić information content (AvgIpc) is 2.57. The van der Waals surface area contributed by atoms with E-state index in [4.69, 9.17) is 10.3 Å². The van der Waals surface area contributed by atoms with Gasteiger partial charge in [-0.05, 0) is 31.0 Å².